The van der Waals surface area contributed by atoms with Crippen molar-refractivity contribution >= 4 is 0 Å². The lowest BCUT2D eigenvalue weighted by atomic mass is 10.2. The largest absolute Gasteiger partial charge is 0.493 e. The van der Waals surface area contributed by atoms with E-state index in [2.05, 4.69) is 4.85 Å². The molecule has 0 aliphatic carbocycles. The van der Waals surface area contributed by atoms with Gasteiger partial charge in [0.15, 0.2) is 11.5 Å². The number of ether oxygens (including phenoxy) is 3. The minimum atomic E-state index is 0.413. The Morgan fingerprint density at radius 2 is 1.60 bits per heavy atom. The maximum Gasteiger partial charge on any atom is 0.288 e. The Morgan fingerprint density at radius 3 is 1.93 bits per heavy atom. The van der Waals surface area contributed by atoms with E-state index in [4.69, 9.17) is 20.8 Å². The number of benzene rings is 1. The monoisotopic (exact) mass is 208 g/mol. The molecule has 0 atom stereocenters. The van der Waals surface area contributed by atoms with Gasteiger partial charge in [-0.3, -0.25) is 0 Å². The van der Waals surface area contributed by atoms with Gasteiger partial charge in [-0.05, 0) is 12.1 Å². The van der Waals surface area contributed by atoms with Gasteiger partial charge in [-0.15, -0.1) is 0 Å². The Hall–Kier alpha value is -1.89. The van der Waals surface area contributed by atoms with E-state index in [1.165, 1.54) is 0 Å². The SMILES string of the molecule is C#[N+]Cc1cc(OC)c(OC)c(OC)c1. The average molecular weight is 208 g/mol. The molecule has 80 valence electrons. The topological polar surface area (TPSA) is 32.0 Å². The van der Waals surface area contributed by atoms with Gasteiger partial charge in [0.05, 0.1) is 21.3 Å². The highest BCUT2D eigenvalue weighted by atomic mass is 16.5. The van der Waals surface area contributed by atoms with Gasteiger partial charge in [-0.2, -0.15) is 0 Å². The van der Waals surface area contributed by atoms with Crippen molar-refractivity contribution in [1.82, 2.24) is 0 Å². The fourth-order valence-corrected chi connectivity index (χ4v) is 1.33. The molecular formula is C11H14NO3+. The highest BCUT2D eigenvalue weighted by Crippen LogP contribution is 2.38. The van der Waals surface area contributed by atoms with Crippen LogP contribution in [0.2, 0.25) is 0 Å². The quantitative estimate of drug-likeness (QED) is 0.760. The molecular weight excluding hydrogens is 194 g/mol. The standard InChI is InChI=1S/C11H14NO3/c1-12-7-8-5-9(13-2)11(15-4)10(6-8)14-3/h1,5-6H,7H2,2-4H3/q+1. The molecule has 0 saturated carbocycles. The van der Waals surface area contributed by atoms with Crippen molar-refractivity contribution in [3.63, 3.8) is 0 Å². The van der Waals surface area contributed by atoms with E-state index in [9.17, 15) is 0 Å². The maximum absolute atomic E-state index is 5.18. The van der Waals surface area contributed by atoms with Crippen LogP contribution >= 0.6 is 0 Å². The van der Waals surface area contributed by atoms with E-state index >= 15 is 0 Å². The Kier molecular flexibility index (Phi) is 3.81. The van der Waals surface area contributed by atoms with Crippen LogP contribution in [0.3, 0.4) is 0 Å². The lowest BCUT2D eigenvalue weighted by molar-refractivity contribution is 0.324. The van der Waals surface area contributed by atoms with E-state index in [1.54, 1.807) is 21.3 Å². The first kappa shape index (κ1) is 11.2. The van der Waals surface area contributed by atoms with Crippen molar-refractivity contribution < 1.29 is 14.2 Å². The van der Waals surface area contributed by atoms with Crippen molar-refractivity contribution in [2.75, 3.05) is 21.3 Å². The number of methoxy groups -OCH3 is 3. The smallest absolute Gasteiger partial charge is 0.288 e. The second-order valence-corrected chi connectivity index (χ2v) is 2.87. The van der Waals surface area contributed by atoms with Gasteiger partial charge in [0.2, 0.25) is 5.75 Å². The van der Waals surface area contributed by atoms with Crippen LogP contribution in [0.1, 0.15) is 5.56 Å². The van der Waals surface area contributed by atoms with Gasteiger partial charge >= 0.3 is 0 Å². The molecule has 1 rings (SSSR count). The van der Waals surface area contributed by atoms with Gasteiger partial charge in [-0.1, -0.05) is 4.85 Å². The van der Waals surface area contributed by atoms with Crippen LogP contribution in [-0.2, 0) is 6.54 Å². The molecule has 0 spiro atoms. The van der Waals surface area contributed by atoms with Crippen molar-refractivity contribution in [2.24, 2.45) is 0 Å². The summed E-state index contributed by atoms with van der Waals surface area (Å²) < 4.78 is 15.5. The van der Waals surface area contributed by atoms with Gasteiger partial charge in [-0.25, -0.2) is 0 Å². The summed E-state index contributed by atoms with van der Waals surface area (Å²) in [7, 11) is 4.70. The van der Waals surface area contributed by atoms with E-state index in [0.717, 1.165) is 5.56 Å². The van der Waals surface area contributed by atoms with Crippen LogP contribution in [0.25, 0.3) is 4.85 Å². The molecule has 0 bridgehead atoms. The molecule has 0 saturated heterocycles. The molecule has 0 N–H and O–H groups in total. The summed E-state index contributed by atoms with van der Waals surface area (Å²) in [4.78, 5) is 3.56. The zero-order chi connectivity index (χ0) is 11.3. The maximum atomic E-state index is 5.18. The van der Waals surface area contributed by atoms with Crippen LogP contribution in [0.5, 0.6) is 17.2 Å². The van der Waals surface area contributed by atoms with Crippen LogP contribution in [-0.4, -0.2) is 21.3 Å². The predicted molar refractivity (Wildman–Crippen MR) is 58.1 cm³/mol. The fourth-order valence-electron chi connectivity index (χ4n) is 1.33. The van der Waals surface area contributed by atoms with Gasteiger partial charge in [0, 0.05) is 5.56 Å². The van der Waals surface area contributed by atoms with E-state index in [-0.39, 0.29) is 0 Å². The highest BCUT2D eigenvalue weighted by molar-refractivity contribution is 5.54. The Labute approximate surface area is 89.2 Å². The lowest BCUT2D eigenvalue weighted by Gasteiger charge is -2.12. The van der Waals surface area contributed by atoms with Crippen LogP contribution < -0.4 is 14.2 Å². The summed E-state index contributed by atoms with van der Waals surface area (Å²) in [5.74, 6) is 1.78. The lowest BCUT2D eigenvalue weighted by Crippen LogP contribution is -1.96. The molecule has 0 aromatic heterocycles. The summed E-state index contributed by atoms with van der Waals surface area (Å²) in [6, 6.07) is 3.63. The normalized spacial score (nSPS) is 9.20. The van der Waals surface area contributed by atoms with Gasteiger partial charge < -0.3 is 14.2 Å². The zero-order valence-corrected chi connectivity index (χ0v) is 9.11. The molecule has 0 aliphatic rings. The summed E-state index contributed by atoms with van der Waals surface area (Å²) in [5.41, 5.74) is 0.909. The van der Waals surface area contributed by atoms with Crippen molar-refractivity contribution in [3.05, 3.63) is 22.5 Å². The number of hydrogen-bond acceptors (Lipinski definition) is 3. The van der Waals surface area contributed by atoms with E-state index < -0.39 is 0 Å². The molecule has 0 aliphatic heterocycles. The number of hydrogen-bond donors (Lipinski definition) is 0. The highest BCUT2D eigenvalue weighted by Gasteiger charge is 2.14. The molecule has 4 nitrogen and oxygen atoms in total. The Morgan fingerprint density at radius 1 is 1.07 bits per heavy atom. The Bertz CT molecular complexity index is 357. The predicted octanol–water partition coefficient (Wildman–Crippen LogP) is 2.18. The first-order valence-electron chi connectivity index (χ1n) is 4.42. The van der Waals surface area contributed by atoms with E-state index in [1.807, 2.05) is 12.1 Å². The van der Waals surface area contributed by atoms with Crippen molar-refractivity contribution in [1.29, 1.82) is 0 Å². The summed E-state index contributed by atoms with van der Waals surface area (Å²) in [6.45, 7) is 5.54. The zero-order valence-electron chi connectivity index (χ0n) is 9.11. The van der Waals surface area contributed by atoms with Crippen molar-refractivity contribution in [3.8, 4) is 23.8 Å². The molecule has 0 unspecified atom stereocenters. The Balaban J connectivity index is 3.24. The molecule has 15 heavy (non-hydrogen) atoms. The third kappa shape index (κ3) is 2.32. The summed E-state index contributed by atoms with van der Waals surface area (Å²) in [6.07, 6.45) is 0. The average Bonchev–Trinajstić information content (AvgIpc) is 2.28. The minimum absolute atomic E-state index is 0.413. The van der Waals surface area contributed by atoms with E-state index in [0.29, 0.717) is 23.8 Å². The molecule has 1 aromatic carbocycles. The molecule has 0 radical (unpaired) electrons. The third-order valence-corrected chi connectivity index (χ3v) is 2.00. The first-order valence-corrected chi connectivity index (χ1v) is 4.42. The summed E-state index contributed by atoms with van der Waals surface area (Å²) >= 11 is 0. The molecule has 1 aromatic rings. The van der Waals surface area contributed by atoms with Gasteiger partial charge in [0.1, 0.15) is 0 Å². The molecule has 0 fully saturated rings. The second kappa shape index (κ2) is 5.11. The van der Waals surface area contributed by atoms with Crippen molar-refractivity contribution in [2.45, 2.75) is 6.54 Å². The minimum Gasteiger partial charge on any atom is -0.493 e. The van der Waals surface area contributed by atoms with Crippen LogP contribution in [0, 0.1) is 6.57 Å². The second-order valence-electron chi connectivity index (χ2n) is 2.87. The number of nitrogens with zero attached hydrogens (tertiary/aromatic N) is 1. The number of rotatable bonds is 4. The van der Waals surface area contributed by atoms with Crippen LogP contribution in [0.4, 0.5) is 0 Å². The van der Waals surface area contributed by atoms with Gasteiger partial charge in [0.25, 0.3) is 13.1 Å². The first-order chi connectivity index (χ1) is 7.26. The third-order valence-electron chi connectivity index (χ3n) is 2.00. The molecule has 4 heteroatoms. The molecule has 0 amide bonds. The van der Waals surface area contributed by atoms with Crippen LogP contribution in [0.15, 0.2) is 12.1 Å². The summed E-state index contributed by atoms with van der Waals surface area (Å²) in [5, 5.41) is 0. The fraction of sp³-hybridized carbons (Fsp3) is 0.364. The molecule has 0 heterocycles.